The van der Waals surface area contributed by atoms with Gasteiger partial charge in [0.2, 0.25) is 0 Å². The molecule has 2 rings (SSSR count). The van der Waals surface area contributed by atoms with Crippen LogP contribution in [-0.4, -0.2) is 5.78 Å². The fourth-order valence-corrected chi connectivity index (χ4v) is 3.26. The van der Waals surface area contributed by atoms with Gasteiger partial charge in [0.05, 0.1) is 17.5 Å². The van der Waals surface area contributed by atoms with E-state index in [9.17, 15) is 4.79 Å². The van der Waals surface area contributed by atoms with Gasteiger partial charge in [0.1, 0.15) is 0 Å². The number of ketones is 1. The Morgan fingerprint density at radius 3 is 3.07 bits per heavy atom. The highest BCUT2D eigenvalue weighted by atomic mass is 79.9. The average molecular weight is 279 g/mol. The summed E-state index contributed by atoms with van der Waals surface area (Å²) in [5.74, 6) is -0.00731. The van der Waals surface area contributed by atoms with Gasteiger partial charge in [0, 0.05) is 21.8 Å². The van der Waals surface area contributed by atoms with Crippen molar-refractivity contribution in [2.45, 2.75) is 6.42 Å². The maximum absolute atomic E-state index is 11.6. The lowest BCUT2D eigenvalue weighted by Crippen LogP contribution is -1.86. The minimum absolute atomic E-state index is 0.00731. The lowest BCUT2D eigenvalue weighted by atomic mass is 10.1. The zero-order chi connectivity index (χ0) is 11.0. The van der Waals surface area contributed by atoms with Gasteiger partial charge in [0.15, 0.2) is 5.78 Å². The third kappa shape index (κ3) is 1.41. The number of nitrogens with zero attached hydrogens (tertiary/aromatic N) is 2. The summed E-state index contributed by atoms with van der Waals surface area (Å²) in [6.45, 7) is 6.88. The summed E-state index contributed by atoms with van der Waals surface area (Å²) < 4.78 is 0.791. The van der Waals surface area contributed by atoms with Gasteiger partial charge in [-0.1, -0.05) is 0 Å². The van der Waals surface area contributed by atoms with Gasteiger partial charge >= 0.3 is 0 Å². The molecule has 1 heterocycles. The van der Waals surface area contributed by atoms with E-state index in [0.717, 1.165) is 10.0 Å². The lowest BCUT2D eigenvalue weighted by molar-refractivity contribution is 0.101. The van der Waals surface area contributed by atoms with E-state index in [4.69, 9.17) is 11.8 Å². The Bertz CT molecular complexity index is 555. The number of fused-ring (bicyclic) bond motifs is 1. The molecule has 15 heavy (non-hydrogen) atoms. The Balaban J connectivity index is 2.74. The Kier molecular flexibility index (Phi) is 2.44. The van der Waals surface area contributed by atoms with Crippen LogP contribution in [-0.2, 0) is 0 Å². The molecule has 0 unspecified atom stereocenters. The summed E-state index contributed by atoms with van der Waals surface area (Å²) in [6.07, 6.45) is 0.172. The summed E-state index contributed by atoms with van der Waals surface area (Å²) >= 11 is 4.67. The van der Waals surface area contributed by atoms with Crippen molar-refractivity contribution in [3.05, 3.63) is 37.4 Å². The Morgan fingerprint density at radius 1 is 1.73 bits per heavy atom. The van der Waals surface area contributed by atoms with Crippen molar-refractivity contribution in [2.75, 3.05) is 0 Å². The third-order valence-electron chi connectivity index (χ3n) is 2.14. The van der Waals surface area contributed by atoms with Gasteiger partial charge in [-0.2, -0.15) is 0 Å². The highest BCUT2D eigenvalue weighted by Gasteiger charge is 2.30. The summed E-state index contributed by atoms with van der Waals surface area (Å²) in [4.78, 5) is 15.4. The van der Waals surface area contributed by atoms with E-state index in [0.29, 0.717) is 10.5 Å². The zero-order valence-electron chi connectivity index (χ0n) is 7.37. The maximum Gasteiger partial charge on any atom is 0.266 e. The molecule has 0 amide bonds. The first-order valence-corrected chi connectivity index (χ1v) is 5.67. The summed E-state index contributed by atoms with van der Waals surface area (Å²) in [5.41, 5.74) is 1.30. The molecule has 0 fully saturated rings. The average Bonchev–Trinajstić information content (AvgIpc) is 2.73. The molecule has 0 bridgehead atoms. The van der Waals surface area contributed by atoms with Crippen LogP contribution in [0.5, 0.6) is 0 Å². The molecular formula is C10H3BrN2OS. The van der Waals surface area contributed by atoms with Crippen LogP contribution >= 0.6 is 27.3 Å². The first-order chi connectivity index (χ1) is 7.19. The van der Waals surface area contributed by atoms with Gasteiger partial charge in [-0.3, -0.25) is 4.79 Å². The molecule has 1 aliphatic rings. The first kappa shape index (κ1) is 10.1. The van der Waals surface area contributed by atoms with E-state index < -0.39 is 0 Å². The van der Waals surface area contributed by atoms with Crippen LogP contribution in [0.15, 0.2) is 15.5 Å². The zero-order valence-corrected chi connectivity index (χ0v) is 9.78. The van der Waals surface area contributed by atoms with Crippen molar-refractivity contribution in [1.29, 1.82) is 5.26 Å². The van der Waals surface area contributed by atoms with Crippen molar-refractivity contribution < 1.29 is 4.79 Å². The molecule has 0 aliphatic heterocycles. The van der Waals surface area contributed by atoms with Gasteiger partial charge in [-0.15, -0.1) is 11.3 Å². The largest absolute Gasteiger partial charge is 0.293 e. The topological polar surface area (TPSA) is 45.2 Å². The second-order valence-electron chi connectivity index (χ2n) is 2.94. The van der Waals surface area contributed by atoms with E-state index in [-0.39, 0.29) is 17.9 Å². The SMILES string of the molecule is [C-]#[N+]/C(C#N)=C1/CC(=O)c2scc(Br)c21. The number of carbonyl (C=O) groups is 1. The highest BCUT2D eigenvalue weighted by Crippen LogP contribution is 2.43. The molecule has 3 nitrogen and oxygen atoms in total. The molecule has 0 aromatic carbocycles. The molecular weight excluding hydrogens is 276 g/mol. The number of rotatable bonds is 0. The van der Waals surface area contributed by atoms with E-state index in [1.807, 2.05) is 6.07 Å². The van der Waals surface area contributed by atoms with Crippen LogP contribution in [0.1, 0.15) is 21.7 Å². The van der Waals surface area contributed by atoms with Crippen molar-refractivity contribution in [3.8, 4) is 6.07 Å². The fourth-order valence-electron chi connectivity index (χ4n) is 1.51. The number of halogens is 1. The third-order valence-corrected chi connectivity index (χ3v) is 4.09. The monoisotopic (exact) mass is 278 g/mol. The van der Waals surface area contributed by atoms with Gasteiger partial charge in [-0.25, -0.2) is 10.1 Å². The van der Waals surface area contributed by atoms with E-state index in [2.05, 4.69) is 20.8 Å². The van der Waals surface area contributed by atoms with Crippen LogP contribution in [0, 0.1) is 17.9 Å². The van der Waals surface area contributed by atoms with E-state index >= 15 is 0 Å². The van der Waals surface area contributed by atoms with E-state index in [1.54, 1.807) is 5.38 Å². The molecule has 0 saturated heterocycles. The summed E-state index contributed by atoms with van der Waals surface area (Å²) in [5, 5.41) is 10.6. The van der Waals surface area contributed by atoms with Crippen molar-refractivity contribution >= 4 is 38.6 Å². The Labute approximate surface area is 98.6 Å². The van der Waals surface area contributed by atoms with Gasteiger partial charge in [0.25, 0.3) is 5.70 Å². The second kappa shape index (κ2) is 3.62. The molecule has 72 valence electrons. The molecule has 0 N–H and O–H groups in total. The Morgan fingerprint density at radius 2 is 2.47 bits per heavy atom. The second-order valence-corrected chi connectivity index (χ2v) is 4.67. The molecule has 0 spiro atoms. The maximum atomic E-state index is 11.6. The Hall–Kier alpha value is -1.43. The minimum Gasteiger partial charge on any atom is -0.293 e. The van der Waals surface area contributed by atoms with Crippen molar-refractivity contribution in [2.24, 2.45) is 0 Å². The lowest BCUT2D eigenvalue weighted by Gasteiger charge is -1.96. The summed E-state index contributed by atoms with van der Waals surface area (Å²) in [6, 6.07) is 1.83. The normalized spacial score (nSPS) is 16.9. The van der Waals surface area contributed by atoms with Crippen LogP contribution < -0.4 is 0 Å². The predicted octanol–water partition coefficient (Wildman–Crippen LogP) is 3.25. The van der Waals surface area contributed by atoms with Crippen LogP contribution in [0.4, 0.5) is 0 Å². The van der Waals surface area contributed by atoms with Gasteiger partial charge < -0.3 is 0 Å². The quantitative estimate of drug-likeness (QED) is 0.540. The summed E-state index contributed by atoms with van der Waals surface area (Å²) in [7, 11) is 0. The molecule has 5 heteroatoms. The molecule has 1 aliphatic carbocycles. The van der Waals surface area contributed by atoms with Crippen LogP contribution in [0.3, 0.4) is 0 Å². The highest BCUT2D eigenvalue weighted by molar-refractivity contribution is 9.10. The molecule has 1 aromatic heterocycles. The molecule has 0 atom stereocenters. The van der Waals surface area contributed by atoms with Gasteiger partial charge in [-0.05, 0) is 21.5 Å². The fraction of sp³-hybridized carbons (Fsp3) is 0.100. The number of hydrogen-bond acceptors (Lipinski definition) is 3. The van der Waals surface area contributed by atoms with E-state index in [1.165, 1.54) is 11.3 Å². The predicted molar refractivity (Wildman–Crippen MR) is 60.1 cm³/mol. The number of thiophene rings is 1. The smallest absolute Gasteiger partial charge is 0.266 e. The minimum atomic E-state index is -0.00731. The number of carbonyl (C=O) groups excluding carboxylic acids is 1. The van der Waals surface area contributed by atoms with Crippen LogP contribution in [0.2, 0.25) is 0 Å². The van der Waals surface area contributed by atoms with Crippen molar-refractivity contribution in [1.82, 2.24) is 0 Å². The molecule has 1 aromatic rings. The van der Waals surface area contributed by atoms with Crippen molar-refractivity contribution in [3.63, 3.8) is 0 Å². The number of Topliss-reactive ketones (excluding diaryl/α,β-unsaturated/α-hetero) is 1. The standard InChI is InChI=1S/C10H3BrN2OS/c1-13-7(3-12)5-2-8(14)10-9(5)6(11)4-15-10/h4H,2H2/b7-5-. The van der Waals surface area contributed by atoms with Crippen LogP contribution in [0.25, 0.3) is 10.4 Å². The molecule has 0 radical (unpaired) electrons. The number of nitriles is 1. The first-order valence-electron chi connectivity index (χ1n) is 4.00. The number of allylic oxidation sites excluding steroid dienone is 2. The number of hydrogen-bond donors (Lipinski definition) is 0. The molecule has 0 saturated carbocycles.